The van der Waals surface area contributed by atoms with Crippen LogP contribution in [0.1, 0.15) is 41.7 Å². The maximum absolute atomic E-state index is 14.5. The second kappa shape index (κ2) is 15.2. The number of para-hydroxylation sites is 1. The largest absolute Gasteiger partial charge is 0.497 e. The smallest absolute Gasteiger partial charge is 0.228 e. The van der Waals surface area contributed by atoms with Crippen LogP contribution in [-0.4, -0.2) is 67.9 Å². The molecule has 0 spiro atoms. The standard InChI is InChI=1S/C43H49N3O6Si/c1-27-42(51-3)36-22-31(45-40(48)21-30-24-44-37-13-9-8-12-35(30)37)14-19-38(36)52-43(27)39(53(4,5)34-17-15-33(50-2)16-18-34)23-41(49)46-25-29-11-7-6-10-28(29)20-32(46)26-47/h6-19,22,24,27,32,39,42-44,47H,20-21,23,25-26H2,1-5H3,(H,45,48)/t27-,32-,39?,42-,43-/m0/s1. The summed E-state index contributed by atoms with van der Waals surface area (Å²) in [4.78, 5) is 32.9. The fraction of sp³-hybridized carbons (Fsp3) is 0.349. The summed E-state index contributed by atoms with van der Waals surface area (Å²) >= 11 is 0. The number of methoxy groups -OCH3 is 2. The molecule has 10 heteroatoms. The number of aromatic amines is 1. The molecule has 4 aromatic carbocycles. The number of carbonyl (C=O) groups excluding carboxylic acids is 2. The Balaban J connectivity index is 1.17. The Kier molecular flexibility index (Phi) is 10.5. The first-order chi connectivity index (χ1) is 25.6. The Morgan fingerprint density at radius 3 is 2.47 bits per heavy atom. The Hall–Kier alpha value is -4.90. The van der Waals surface area contributed by atoms with Gasteiger partial charge in [-0.15, -0.1) is 0 Å². The summed E-state index contributed by atoms with van der Waals surface area (Å²) in [6.45, 7) is 7.12. The molecule has 53 heavy (non-hydrogen) atoms. The van der Waals surface area contributed by atoms with E-state index in [1.165, 1.54) is 10.8 Å². The minimum absolute atomic E-state index is 0.0152. The number of hydrogen-bond donors (Lipinski definition) is 3. The minimum atomic E-state index is -2.46. The van der Waals surface area contributed by atoms with E-state index in [9.17, 15) is 14.7 Å². The quantitative estimate of drug-likeness (QED) is 0.130. The van der Waals surface area contributed by atoms with Crippen LogP contribution in [0.25, 0.3) is 10.9 Å². The van der Waals surface area contributed by atoms with E-state index in [0.29, 0.717) is 24.4 Å². The molecule has 0 bridgehead atoms. The van der Waals surface area contributed by atoms with Crippen LogP contribution in [-0.2, 0) is 33.7 Å². The van der Waals surface area contributed by atoms with E-state index in [2.05, 4.69) is 54.6 Å². The zero-order chi connectivity index (χ0) is 37.3. The second-order valence-corrected chi connectivity index (χ2v) is 19.8. The van der Waals surface area contributed by atoms with Gasteiger partial charge < -0.3 is 34.5 Å². The predicted octanol–water partition coefficient (Wildman–Crippen LogP) is 6.76. The zero-order valence-electron chi connectivity index (χ0n) is 31.1. The number of H-pyrrole nitrogens is 1. The fourth-order valence-electron chi connectivity index (χ4n) is 8.48. The third kappa shape index (κ3) is 7.23. The van der Waals surface area contributed by atoms with Crippen molar-refractivity contribution in [2.75, 3.05) is 26.1 Å². The lowest BCUT2D eigenvalue weighted by Gasteiger charge is -2.46. The van der Waals surface area contributed by atoms with Crippen molar-refractivity contribution < 1.29 is 28.9 Å². The number of hydrogen-bond acceptors (Lipinski definition) is 6. The first-order valence-corrected chi connectivity index (χ1v) is 21.5. The average molecular weight is 732 g/mol. The van der Waals surface area contributed by atoms with Crippen molar-refractivity contribution in [3.63, 3.8) is 0 Å². The molecule has 0 radical (unpaired) electrons. The molecule has 0 aliphatic carbocycles. The van der Waals surface area contributed by atoms with Crippen molar-refractivity contribution in [2.45, 2.75) is 69.6 Å². The van der Waals surface area contributed by atoms with Gasteiger partial charge >= 0.3 is 0 Å². The number of fused-ring (bicyclic) bond motifs is 3. The van der Waals surface area contributed by atoms with E-state index in [4.69, 9.17) is 14.2 Å². The highest BCUT2D eigenvalue weighted by Crippen LogP contribution is 2.48. The molecule has 3 N–H and O–H groups in total. The van der Waals surface area contributed by atoms with E-state index in [0.717, 1.165) is 33.3 Å². The molecule has 5 aromatic rings. The number of aliphatic hydroxyl groups is 1. The molecule has 276 valence electrons. The van der Waals surface area contributed by atoms with Gasteiger partial charge in [0.1, 0.15) is 17.6 Å². The van der Waals surface area contributed by atoms with E-state index < -0.39 is 8.07 Å². The Morgan fingerprint density at radius 1 is 1.00 bits per heavy atom. The Labute approximate surface area is 312 Å². The van der Waals surface area contributed by atoms with Gasteiger partial charge in [0.25, 0.3) is 0 Å². The number of ether oxygens (including phenoxy) is 3. The number of rotatable bonds is 11. The molecule has 2 aliphatic rings. The number of benzene rings is 4. The summed E-state index contributed by atoms with van der Waals surface area (Å²) in [6.07, 6.45) is 2.35. The van der Waals surface area contributed by atoms with Gasteiger partial charge in [-0.3, -0.25) is 9.59 Å². The fourth-order valence-corrected chi connectivity index (χ4v) is 11.8. The van der Waals surface area contributed by atoms with E-state index in [1.807, 2.05) is 77.8 Å². The van der Waals surface area contributed by atoms with Crippen LogP contribution in [0.4, 0.5) is 5.69 Å². The minimum Gasteiger partial charge on any atom is -0.497 e. The van der Waals surface area contributed by atoms with Gasteiger partial charge in [-0.25, -0.2) is 0 Å². The maximum Gasteiger partial charge on any atom is 0.228 e. The highest BCUT2D eigenvalue weighted by atomic mass is 28.3. The van der Waals surface area contributed by atoms with Crippen LogP contribution in [0, 0.1) is 5.92 Å². The molecule has 1 unspecified atom stereocenters. The van der Waals surface area contributed by atoms with Gasteiger partial charge in [-0.1, -0.05) is 79.8 Å². The molecule has 7 rings (SSSR count). The van der Waals surface area contributed by atoms with Crippen LogP contribution in [0.2, 0.25) is 18.6 Å². The summed E-state index contributed by atoms with van der Waals surface area (Å²) in [5.74, 6) is 1.25. The van der Waals surface area contributed by atoms with Crippen LogP contribution in [0.3, 0.4) is 0 Å². The van der Waals surface area contributed by atoms with Crippen LogP contribution in [0.5, 0.6) is 11.5 Å². The SMILES string of the molecule is COc1ccc([Si](C)(C)C(CC(=O)N2Cc3ccccc3C[C@H]2CO)[C@H]2Oc3ccc(NC(=O)Cc4c[nH]c5ccccc45)cc3[C@@H](OC)[C@@H]2C)cc1. The summed E-state index contributed by atoms with van der Waals surface area (Å²) in [7, 11) is 0.911. The van der Waals surface area contributed by atoms with E-state index >= 15 is 0 Å². The van der Waals surface area contributed by atoms with Crippen molar-refractivity contribution in [1.29, 1.82) is 0 Å². The lowest BCUT2D eigenvalue weighted by molar-refractivity contribution is -0.136. The number of aromatic nitrogens is 1. The monoisotopic (exact) mass is 731 g/mol. The summed E-state index contributed by atoms with van der Waals surface area (Å²) in [5, 5.41) is 15.8. The number of anilines is 1. The van der Waals surface area contributed by atoms with Crippen molar-refractivity contribution >= 4 is 41.7 Å². The third-order valence-corrected chi connectivity index (χ3v) is 15.8. The molecule has 0 saturated carbocycles. The lowest BCUT2D eigenvalue weighted by atomic mass is 9.86. The predicted molar refractivity (Wildman–Crippen MR) is 210 cm³/mol. The average Bonchev–Trinajstić information content (AvgIpc) is 3.58. The molecular weight excluding hydrogens is 683 g/mol. The molecule has 9 nitrogen and oxygen atoms in total. The number of nitrogens with one attached hydrogen (secondary N) is 2. The molecule has 2 amide bonds. The van der Waals surface area contributed by atoms with Crippen molar-refractivity contribution in [1.82, 2.24) is 9.88 Å². The van der Waals surface area contributed by atoms with Gasteiger partial charge in [0, 0.05) is 59.9 Å². The Morgan fingerprint density at radius 2 is 1.74 bits per heavy atom. The van der Waals surface area contributed by atoms with Crippen molar-refractivity contribution in [2.24, 2.45) is 5.92 Å². The molecular formula is C43H49N3O6Si. The third-order valence-electron chi connectivity index (χ3n) is 11.6. The summed E-state index contributed by atoms with van der Waals surface area (Å²) in [5.41, 5.74) is 5.63. The topological polar surface area (TPSA) is 113 Å². The van der Waals surface area contributed by atoms with Gasteiger partial charge in [-0.2, -0.15) is 0 Å². The summed E-state index contributed by atoms with van der Waals surface area (Å²) < 4.78 is 18.7. The normalized spacial score (nSPS) is 20.2. The first kappa shape index (κ1) is 36.5. The van der Waals surface area contributed by atoms with Crippen molar-refractivity contribution in [3.05, 3.63) is 119 Å². The first-order valence-electron chi connectivity index (χ1n) is 18.4. The Bertz CT molecular complexity index is 2100. The highest BCUT2D eigenvalue weighted by Gasteiger charge is 2.49. The van der Waals surface area contributed by atoms with Crippen molar-refractivity contribution in [3.8, 4) is 11.5 Å². The highest BCUT2D eigenvalue weighted by molar-refractivity contribution is 6.91. The van der Waals surface area contributed by atoms with Crippen LogP contribution >= 0.6 is 0 Å². The molecule has 3 heterocycles. The van der Waals surface area contributed by atoms with Crippen LogP contribution in [0.15, 0.2) is 97.2 Å². The molecule has 2 aliphatic heterocycles. The molecule has 0 fully saturated rings. The summed E-state index contributed by atoms with van der Waals surface area (Å²) in [6, 6.07) is 29.8. The zero-order valence-corrected chi connectivity index (χ0v) is 32.1. The number of aliphatic hydroxyl groups excluding tert-OH is 1. The van der Waals surface area contributed by atoms with Crippen LogP contribution < -0.4 is 20.0 Å². The molecule has 0 saturated heterocycles. The van der Waals surface area contributed by atoms with Gasteiger partial charge in [0.15, 0.2) is 0 Å². The number of nitrogens with zero attached hydrogens (tertiary/aromatic N) is 1. The van der Waals surface area contributed by atoms with Gasteiger partial charge in [-0.05, 0) is 59.5 Å². The van der Waals surface area contributed by atoms with Gasteiger partial charge in [0.2, 0.25) is 11.8 Å². The van der Waals surface area contributed by atoms with E-state index in [-0.39, 0.29) is 61.0 Å². The van der Waals surface area contributed by atoms with E-state index in [1.54, 1.807) is 14.2 Å². The molecule has 5 atom stereocenters. The van der Waals surface area contributed by atoms with Gasteiger partial charge in [0.05, 0.1) is 40.4 Å². The number of amides is 2. The maximum atomic E-state index is 14.5. The lowest BCUT2D eigenvalue weighted by Crippen LogP contribution is -2.56. The second-order valence-electron chi connectivity index (χ2n) is 15.0. The molecule has 1 aromatic heterocycles. The number of carbonyl (C=O) groups is 2.